The molecule has 1 saturated carbocycles. The number of halogens is 3. The lowest BCUT2D eigenvalue weighted by Crippen LogP contribution is -2.13. The molecule has 4 rings (SSSR count). The van der Waals surface area contributed by atoms with Crippen LogP contribution in [0.15, 0.2) is 59.1 Å². The summed E-state index contributed by atoms with van der Waals surface area (Å²) in [6, 6.07) is 9.54. The zero-order chi connectivity index (χ0) is 20.8. The summed E-state index contributed by atoms with van der Waals surface area (Å²) in [6.07, 6.45) is 0.219. The third-order valence-electron chi connectivity index (χ3n) is 4.59. The Morgan fingerprint density at radius 2 is 1.76 bits per heavy atom. The third-order valence-corrected chi connectivity index (χ3v) is 6.13. The number of hydrogen-bond acceptors (Lipinski definition) is 4. The molecule has 1 aliphatic carbocycles. The van der Waals surface area contributed by atoms with Gasteiger partial charge in [-0.1, -0.05) is 40.6 Å². The topological polar surface area (TPSA) is 64.8 Å². The number of nitrogens with zero attached hydrogens (tertiary/aromatic N) is 3. The number of aromatic nitrogens is 3. The SMILES string of the molecule is Cc1ccc(S(=O)(=O)n2cc(-c3cc(C(F)(F)F)ccc3C=C3CC3)nn2)cc1. The minimum atomic E-state index is -4.52. The Morgan fingerprint density at radius 3 is 2.38 bits per heavy atom. The highest BCUT2D eigenvalue weighted by atomic mass is 32.2. The van der Waals surface area contributed by atoms with Gasteiger partial charge in [0, 0.05) is 5.56 Å². The quantitative estimate of drug-likeness (QED) is 0.616. The molecule has 0 radical (unpaired) electrons. The lowest BCUT2D eigenvalue weighted by atomic mass is 10.0. The van der Waals surface area contributed by atoms with E-state index in [1.807, 2.05) is 13.0 Å². The molecule has 1 heterocycles. The van der Waals surface area contributed by atoms with Crippen LogP contribution in [0.3, 0.4) is 0 Å². The summed E-state index contributed by atoms with van der Waals surface area (Å²) in [5.74, 6) is 0. The molecule has 0 N–H and O–H groups in total. The lowest BCUT2D eigenvalue weighted by Gasteiger charge is -2.10. The van der Waals surface area contributed by atoms with Crippen LogP contribution in [0.1, 0.15) is 29.5 Å². The molecule has 0 aliphatic heterocycles. The molecule has 1 aromatic heterocycles. The van der Waals surface area contributed by atoms with Crippen LogP contribution in [0, 0.1) is 6.92 Å². The maximum absolute atomic E-state index is 13.2. The summed E-state index contributed by atoms with van der Waals surface area (Å²) in [6.45, 7) is 1.83. The van der Waals surface area contributed by atoms with Crippen LogP contribution in [0.5, 0.6) is 0 Å². The van der Waals surface area contributed by atoms with Crippen molar-refractivity contribution in [3.63, 3.8) is 0 Å². The van der Waals surface area contributed by atoms with Gasteiger partial charge < -0.3 is 0 Å². The largest absolute Gasteiger partial charge is 0.416 e. The molecule has 0 atom stereocenters. The van der Waals surface area contributed by atoms with Gasteiger partial charge in [0.05, 0.1) is 16.7 Å². The lowest BCUT2D eigenvalue weighted by molar-refractivity contribution is -0.137. The van der Waals surface area contributed by atoms with Gasteiger partial charge in [-0.15, -0.1) is 9.19 Å². The first-order valence-electron chi connectivity index (χ1n) is 8.80. The monoisotopic (exact) mass is 419 g/mol. The Hall–Kier alpha value is -2.94. The predicted molar refractivity (Wildman–Crippen MR) is 101 cm³/mol. The number of allylic oxidation sites excluding steroid dienone is 1. The normalized spacial score (nSPS) is 14.1. The average Bonchev–Trinajstić information content (AvgIpc) is 3.33. The molecule has 9 heteroatoms. The zero-order valence-corrected chi connectivity index (χ0v) is 16.1. The molecule has 1 aliphatic rings. The van der Waals surface area contributed by atoms with Crippen LogP contribution in [0.2, 0.25) is 0 Å². The molecule has 0 amide bonds. The van der Waals surface area contributed by atoms with Gasteiger partial charge in [0.15, 0.2) is 0 Å². The molecule has 0 bridgehead atoms. The fourth-order valence-electron chi connectivity index (χ4n) is 2.82. The highest BCUT2D eigenvalue weighted by molar-refractivity contribution is 7.89. The minimum absolute atomic E-state index is 0.0175. The van der Waals surface area contributed by atoms with Crippen LogP contribution in [-0.4, -0.2) is 22.8 Å². The maximum atomic E-state index is 13.2. The van der Waals surface area contributed by atoms with Crippen molar-refractivity contribution in [2.24, 2.45) is 0 Å². The molecular formula is C20H16F3N3O2S. The van der Waals surface area contributed by atoms with Gasteiger partial charge in [-0.3, -0.25) is 0 Å². The summed E-state index contributed by atoms with van der Waals surface area (Å²) < 4.78 is 65.8. The van der Waals surface area contributed by atoms with E-state index in [0.717, 1.165) is 42.3 Å². The van der Waals surface area contributed by atoms with Crippen molar-refractivity contribution in [1.29, 1.82) is 0 Å². The molecular weight excluding hydrogens is 403 g/mol. The Kier molecular flexibility index (Phi) is 4.57. The Bertz CT molecular complexity index is 1200. The minimum Gasteiger partial charge on any atom is -0.199 e. The van der Waals surface area contributed by atoms with Gasteiger partial charge in [-0.25, -0.2) is 0 Å². The molecule has 3 aromatic rings. The van der Waals surface area contributed by atoms with Crippen molar-refractivity contribution in [2.45, 2.75) is 30.8 Å². The van der Waals surface area contributed by atoms with Crippen molar-refractivity contribution < 1.29 is 21.6 Å². The number of benzene rings is 2. The number of hydrogen-bond donors (Lipinski definition) is 0. The summed E-state index contributed by atoms with van der Waals surface area (Å²) in [5.41, 5.74) is 1.96. The van der Waals surface area contributed by atoms with E-state index in [9.17, 15) is 21.6 Å². The average molecular weight is 419 g/mol. The van der Waals surface area contributed by atoms with Crippen molar-refractivity contribution in [3.05, 3.63) is 70.9 Å². The van der Waals surface area contributed by atoms with E-state index < -0.39 is 21.8 Å². The summed E-state index contributed by atoms with van der Waals surface area (Å²) in [4.78, 5) is 0.0175. The van der Waals surface area contributed by atoms with Gasteiger partial charge >= 0.3 is 6.18 Å². The van der Waals surface area contributed by atoms with E-state index in [1.165, 1.54) is 18.2 Å². The molecule has 1 fully saturated rings. The van der Waals surface area contributed by atoms with Crippen LogP contribution in [-0.2, 0) is 16.2 Å². The number of rotatable bonds is 4. The van der Waals surface area contributed by atoms with E-state index in [1.54, 1.807) is 12.1 Å². The van der Waals surface area contributed by atoms with Crippen molar-refractivity contribution >= 4 is 16.1 Å². The maximum Gasteiger partial charge on any atom is 0.416 e. The van der Waals surface area contributed by atoms with E-state index in [4.69, 9.17) is 0 Å². The van der Waals surface area contributed by atoms with Crippen molar-refractivity contribution in [1.82, 2.24) is 14.4 Å². The summed E-state index contributed by atoms with van der Waals surface area (Å²) in [7, 11) is -4.00. The standard InChI is InChI=1S/C20H16F3N3O2S/c1-13-2-8-17(9-3-13)29(27,28)26-12-19(24-25-26)18-11-16(20(21,22)23)7-6-15(18)10-14-4-5-14/h2-3,6-12H,4-5H2,1H3. The highest BCUT2D eigenvalue weighted by Gasteiger charge is 2.31. The molecule has 5 nitrogen and oxygen atoms in total. The molecule has 0 spiro atoms. The Balaban J connectivity index is 1.79. The fourth-order valence-corrected chi connectivity index (χ4v) is 3.89. The van der Waals surface area contributed by atoms with Crippen LogP contribution >= 0.6 is 0 Å². The smallest absolute Gasteiger partial charge is 0.199 e. The van der Waals surface area contributed by atoms with E-state index in [0.29, 0.717) is 9.65 Å². The second-order valence-corrected chi connectivity index (χ2v) is 8.69. The summed E-state index contributed by atoms with van der Waals surface area (Å²) >= 11 is 0. The van der Waals surface area contributed by atoms with Crippen LogP contribution in [0.4, 0.5) is 13.2 Å². The first kappa shape index (κ1) is 19.4. The van der Waals surface area contributed by atoms with Gasteiger partial charge in [-0.2, -0.15) is 21.6 Å². The zero-order valence-electron chi connectivity index (χ0n) is 15.3. The Morgan fingerprint density at radius 1 is 1.07 bits per heavy atom. The molecule has 2 aromatic carbocycles. The van der Waals surface area contributed by atoms with Crippen LogP contribution < -0.4 is 0 Å². The third kappa shape index (κ3) is 3.95. The molecule has 0 saturated heterocycles. The second kappa shape index (κ2) is 6.84. The van der Waals surface area contributed by atoms with Gasteiger partial charge in [-0.05, 0) is 49.6 Å². The van der Waals surface area contributed by atoms with E-state index in [-0.39, 0.29) is 16.2 Å². The van der Waals surface area contributed by atoms with E-state index >= 15 is 0 Å². The number of alkyl halides is 3. The number of aryl methyl sites for hydroxylation is 1. The Labute approximate surface area is 165 Å². The highest BCUT2D eigenvalue weighted by Crippen LogP contribution is 2.37. The molecule has 29 heavy (non-hydrogen) atoms. The molecule has 150 valence electrons. The fraction of sp³-hybridized carbons (Fsp3) is 0.200. The van der Waals surface area contributed by atoms with Crippen molar-refractivity contribution in [3.8, 4) is 11.3 Å². The first-order chi connectivity index (χ1) is 13.6. The van der Waals surface area contributed by atoms with Crippen molar-refractivity contribution in [2.75, 3.05) is 0 Å². The van der Waals surface area contributed by atoms with E-state index in [2.05, 4.69) is 10.3 Å². The van der Waals surface area contributed by atoms with Gasteiger partial charge in [0.25, 0.3) is 10.0 Å². The second-order valence-electron chi connectivity index (χ2n) is 6.90. The predicted octanol–water partition coefficient (Wildman–Crippen LogP) is 4.69. The first-order valence-corrected chi connectivity index (χ1v) is 10.2. The van der Waals surface area contributed by atoms with Gasteiger partial charge in [0.1, 0.15) is 5.69 Å². The van der Waals surface area contributed by atoms with Crippen LogP contribution in [0.25, 0.3) is 17.3 Å². The van der Waals surface area contributed by atoms with Gasteiger partial charge in [0.2, 0.25) is 0 Å². The molecule has 0 unspecified atom stereocenters. The summed E-state index contributed by atoms with van der Waals surface area (Å²) in [5, 5.41) is 7.51.